The van der Waals surface area contributed by atoms with Gasteiger partial charge in [0.15, 0.2) is 0 Å². The summed E-state index contributed by atoms with van der Waals surface area (Å²) in [6.07, 6.45) is 1.13. The molecule has 21 heavy (non-hydrogen) atoms. The average Bonchev–Trinajstić information content (AvgIpc) is 2.43. The van der Waals surface area contributed by atoms with Crippen molar-refractivity contribution in [3.63, 3.8) is 0 Å². The summed E-state index contributed by atoms with van der Waals surface area (Å²) in [7, 11) is 0. The van der Waals surface area contributed by atoms with Crippen molar-refractivity contribution < 1.29 is 9.18 Å². The number of nitrogens with two attached hydrogens (primary N) is 1. The van der Waals surface area contributed by atoms with Gasteiger partial charge in [-0.1, -0.05) is 25.7 Å². The highest BCUT2D eigenvalue weighted by Gasteiger charge is 2.27. The Hall–Kier alpha value is -1.86. The summed E-state index contributed by atoms with van der Waals surface area (Å²) in [6.45, 7) is 5.96. The van der Waals surface area contributed by atoms with E-state index >= 15 is 0 Å². The summed E-state index contributed by atoms with van der Waals surface area (Å²) in [5.74, 6) is 5.98. The number of hydrogen-bond acceptors (Lipinski definition) is 2. The van der Waals surface area contributed by atoms with E-state index in [9.17, 15) is 9.18 Å². The molecule has 1 amide bonds. The Morgan fingerprint density at radius 1 is 1.38 bits per heavy atom. The summed E-state index contributed by atoms with van der Waals surface area (Å²) >= 11 is 0. The Morgan fingerprint density at radius 3 is 2.67 bits per heavy atom. The second-order valence-corrected chi connectivity index (χ2v) is 5.85. The number of amides is 1. The maximum atomic E-state index is 13.4. The van der Waals surface area contributed by atoms with Gasteiger partial charge in [-0.05, 0) is 36.5 Å². The number of halogens is 1. The predicted molar refractivity (Wildman–Crippen MR) is 81.2 cm³/mol. The highest BCUT2D eigenvalue weighted by atomic mass is 19.1. The Morgan fingerprint density at radius 2 is 2.05 bits per heavy atom. The molecule has 0 spiro atoms. The highest BCUT2D eigenvalue weighted by molar-refractivity contribution is 5.96. The number of carbonyl (C=O) groups excluding carboxylic acids is 1. The van der Waals surface area contributed by atoms with Crippen molar-refractivity contribution in [1.82, 2.24) is 4.90 Å². The first kappa shape index (κ1) is 15.5. The Bertz CT molecular complexity index is 578. The molecule has 0 saturated carbocycles. The van der Waals surface area contributed by atoms with Crippen LogP contribution in [0.15, 0.2) is 18.2 Å². The summed E-state index contributed by atoms with van der Waals surface area (Å²) in [5, 5.41) is 0. The molecule has 0 bridgehead atoms. The fraction of sp³-hybridized carbons (Fsp3) is 0.471. The number of piperidine rings is 1. The van der Waals surface area contributed by atoms with Crippen LogP contribution in [0.1, 0.15) is 36.2 Å². The van der Waals surface area contributed by atoms with Gasteiger partial charge in [-0.2, -0.15) is 0 Å². The van der Waals surface area contributed by atoms with Gasteiger partial charge >= 0.3 is 0 Å². The summed E-state index contributed by atoms with van der Waals surface area (Å²) in [6, 6.07) is 4.12. The van der Waals surface area contributed by atoms with Crippen LogP contribution in [0.5, 0.6) is 0 Å². The molecule has 1 aliphatic heterocycles. The summed E-state index contributed by atoms with van der Waals surface area (Å²) in [5.41, 5.74) is 6.23. The minimum atomic E-state index is -0.395. The first-order valence-corrected chi connectivity index (χ1v) is 7.29. The van der Waals surface area contributed by atoms with E-state index in [1.807, 2.05) is 4.90 Å². The third-order valence-corrected chi connectivity index (χ3v) is 3.69. The van der Waals surface area contributed by atoms with E-state index in [1.54, 1.807) is 0 Å². The van der Waals surface area contributed by atoms with Gasteiger partial charge in [0.1, 0.15) is 5.82 Å². The van der Waals surface area contributed by atoms with E-state index in [2.05, 4.69) is 25.7 Å². The lowest BCUT2D eigenvalue weighted by molar-refractivity contribution is 0.0623. The number of benzene rings is 1. The van der Waals surface area contributed by atoms with Crippen molar-refractivity contribution >= 4 is 5.91 Å². The zero-order valence-electron chi connectivity index (χ0n) is 12.5. The van der Waals surface area contributed by atoms with Crippen molar-refractivity contribution in [2.24, 2.45) is 17.6 Å². The fourth-order valence-corrected chi connectivity index (χ4v) is 2.95. The highest BCUT2D eigenvalue weighted by Crippen LogP contribution is 2.23. The lowest BCUT2D eigenvalue weighted by atomic mass is 9.91. The summed E-state index contributed by atoms with van der Waals surface area (Å²) < 4.78 is 13.4. The second kappa shape index (κ2) is 6.73. The maximum absolute atomic E-state index is 13.4. The average molecular weight is 288 g/mol. The topological polar surface area (TPSA) is 46.3 Å². The van der Waals surface area contributed by atoms with Crippen LogP contribution in [0.25, 0.3) is 0 Å². The van der Waals surface area contributed by atoms with E-state index in [4.69, 9.17) is 5.73 Å². The minimum Gasteiger partial charge on any atom is -0.338 e. The largest absolute Gasteiger partial charge is 0.338 e. The van der Waals surface area contributed by atoms with Gasteiger partial charge in [0.2, 0.25) is 0 Å². The molecule has 4 heteroatoms. The Balaban J connectivity index is 2.30. The van der Waals surface area contributed by atoms with Crippen LogP contribution in [0, 0.1) is 29.5 Å². The lowest BCUT2D eigenvalue weighted by Gasteiger charge is -2.35. The van der Waals surface area contributed by atoms with Crippen LogP contribution in [-0.4, -0.2) is 30.4 Å². The SMILES string of the molecule is CC1CC(C)CN(C(=O)c2ccc(F)cc2C#CCN)C1. The standard InChI is InChI=1S/C17H21FN2O/c1-12-8-13(2)11-20(10-12)17(21)16-6-5-15(18)9-14(16)4-3-7-19/h5-6,9,12-13H,7-8,10-11,19H2,1-2H3. The molecule has 112 valence electrons. The van der Waals surface area contributed by atoms with E-state index in [0.717, 1.165) is 19.5 Å². The van der Waals surface area contributed by atoms with E-state index in [1.165, 1.54) is 18.2 Å². The number of carbonyl (C=O) groups is 1. The normalized spacial score (nSPS) is 21.6. The van der Waals surface area contributed by atoms with Gasteiger partial charge in [-0.3, -0.25) is 4.79 Å². The van der Waals surface area contributed by atoms with Crippen LogP contribution in [-0.2, 0) is 0 Å². The molecule has 1 aromatic carbocycles. The minimum absolute atomic E-state index is 0.0743. The first-order valence-electron chi connectivity index (χ1n) is 7.29. The van der Waals surface area contributed by atoms with E-state index < -0.39 is 5.82 Å². The Kier molecular flexibility index (Phi) is 4.98. The van der Waals surface area contributed by atoms with Crippen LogP contribution >= 0.6 is 0 Å². The monoisotopic (exact) mass is 288 g/mol. The van der Waals surface area contributed by atoms with Gasteiger partial charge in [0, 0.05) is 18.7 Å². The summed E-state index contributed by atoms with van der Waals surface area (Å²) in [4.78, 5) is 14.5. The van der Waals surface area contributed by atoms with Gasteiger partial charge in [-0.15, -0.1) is 0 Å². The van der Waals surface area contributed by atoms with Crippen LogP contribution < -0.4 is 5.73 Å². The molecule has 3 nitrogen and oxygen atoms in total. The van der Waals surface area contributed by atoms with Gasteiger partial charge < -0.3 is 10.6 Å². The molecule has 1 fully saturated rings. The molecular formula is C17H21FN2O. The second-order valence-electron chi connectivity index (χ2n) is 5.85. The molecule has 1 heterocycles. The third kappa shape index (κ3) is 3.83. The predicted octanol–water partition coefficient (Wildman–Crippen LogP) is 2.25. The lowest BCUT2D eigenvalue weighted by Crippen LogP contribution is -2.42. The van der Waals surface area contributed by atoms with Crippen molar-refractivity contribution in [1.29, 1.82) is 0 Å². The molecule has 0 radical (unpaired) electrons. The molecule has 2 rings (SSSR count). The number of likely N-dealkylation sites (tertiary alicyclic amines) is 1. The molecule has 1 aliphatic rings. The number of nitrogens with zero attached hydrogens (tertiary/aromatic N) is 1. The molecule has 1 saturated heterocycles. The molecule has 1 aromatic rings. The molecule has 2 atom stereocenters. The van der Waals surface area contributed by atoms with Crippen molar-refractivity contribution in [2.75, 3.05) is 19.6 Å². The smallest absolute Gasteiger partial charge is 0.255 e. The van der Waals surface area contributed by atoms with Gasteiger partial charge in [0.25, 0.3) is 5.91 Å². The molecule has 0 aromatic heterocycles. The molecular weight excluding hydrogens is 267 g/mol. The molecule has 2 unspecified atom stereocenters. The third-order valence-electron chi connectivity index (χ3n) is 3.69. The number of rotatable bonds is 1. The molecule has 2 N–H and O–H groups in total. The van der Waals surface area contributed by atoms with Gasteiger partial charge in [0.05, 0.1) is 12.1 Å². The maximum Gasteiger partial charge on any atom is 0.255 e. The van der Waals surface area contributed by atoms with Crippen molar-refractivity contribution in [3.05, 3.63) is 35.1 Å². The van der Waals surface area contributed by atoms with Gasteiger partial charge in [-0.25, -0.2) is 4.39 Å². The van der Waals surface area contributed by atoms with Crippen LogP contribution in [0.3, 0.4) is 0 Å². The quantitative estimate of drug-likeness (QED) is 0.806. The van der Waals surface area contributed by atoms with Crippen LogP contribution in [0.4, 0.5) is 4.39 Å². The Labute approximate surface area is 125 Å². The fourth-order valence-electron chi connectivity index (χ4n) is 2.95. The van der Waals surface area contributed by atoms with E-state index in [0.29, 0.717) is 23.0 Å². The number of hydrogen-bond donors (Lipinski definition) is 1. The van der Waals surface area contributed by atoms with E-state index in [-0.39, 0.29) is 12.5 Å². The zero-order valence-corrected chi connectivity index (χ0v) is 12.5. The van der Waals surface area contributed by atoms with Crippen molar-refractivity contribution in [3.8, 4) is 11.8 Å². The van der Waals surface area contributed by atoms with Crippen LogP contribution in [0.2, 0.25) is 0 Å². The first-order chi connectivity index (χ1) is 10.0. The molecule has 0 aliphatic carbocycles. The van der Waals surface area contributed by atoms with Crippen molar-refractivity contribution in [2.45, 2.75) is 20.3 Å². The zero-order chi connectivity index (χ0) is 15.4.